The number of nitrogens with two attached hydrogens (primary N) is 2. The first-order chi connectivity index (χ1) is 19.9. The van der Waals surface area contributed by atoms with Gasteiger partial charge in [-0.15, -0.1) is 0 Å². The Hall–Kier alpha value is -2.07. The lowest BCUT2D eigenvalue weighted by Crippen LogP contribution is -2.55. The molecule has 5 rings (SSSR count). The third-order valence-electron chi connectivity index (χ3n) is 13.3. The van der Waals surface area contributed by atoms with E-state index in [0.29, 0.717) is 40.6 Å². The van der Waals surface area contributed by atoms with Crippen LogP contribution in [-0.2, 0) is 0 Å². The number of fused-ring (bicyclic) bond motifs is 5. The van der Waals surface area contributed by atoms with Crippen molar-refractivity contribution in [2.24, 2.45) is 45.8 Å². The number of aliphatic hydroxyl groups is 1. The number of carbonyl (C=O) groups is 1. The molecule has 4 aliphatic rings. The van der Waals surface area contributed by atoms with Gasteiger partial charge in [-0.25, -0.2) is 0 Å². The molecule has 42 heavy (non-hydrogen) atoms. The zero-order chi connectivity index (χ0) is 30.4. The predicted molar refractivity (Wildman–Crippen MR) is 176 cm³/mol. The van der Waals surface area contributed by atoms with Gasteiger partial charge in [-0.1, -0.05) is 64.3 Å². The maximum atomic E-state index is 13.6. The highest BCUT2D eigenvalue weighted by Crippen LogP contribution is 2.69. The SMILES string of the molecule is CC/C(C)=C\CCC(CC)C1CCC2C3CC=C4C(C)(CC(=O)c5cc(N)cc(N)c5)C(O)CCC4(C)C3CCC12C. The highest BCUT2D eigenvalue weighted by atomic mass is 16.3. The Bertz CT molecular complexity index is 1210. The second-order valence-electron chi connectivity index (χ2n) is 15.5. The second-order valence-corrected chi connectivity index (χ2v) is 15.5. The van der Waals surface area contributed by atoms with Crippen molar-refractivity contribution < 1.29 is 9.90 Å². The number of hydrogen-bond donors (Lipinski definition) is 3. The fraction of sp³-hybridized carbons (Fsp3) is 0.711. The van der Waals surface area contributed by atoms with Gasteiger partial charge in [0.25, 0.3) is 0 Å². The van der Waals surface area contributed by atoms with Crippen LogP contribution in [0.2, 0.25) is 0 Å². The van der Waals surface area contributed by atoms with E-state index < -0.39 is 11.5 Å². The van der Waals surface area contributed by atoms with Crippen molar-refractivity contribution in [3.63, 3.8) is 0 Å². The molecule has 0 amide bonds. The van der Waals surface area contributed by atoms with Crippen molar-refractivity contribution in [1.29, 1.82) is 0 Å². The number of allylic oxidation sites excluding steroid dienone is 3. The van der Waals surface area contributed by atoms with Crippen LogP contribution in [0.3, 0.4) is 0 Å². The molecule has 4 aliphatic carbocycles. The third kappa shape index (κ3) is 5.29. The Morgan fingerprint density at radius 3 is 2.40 bits per heavy atom. The molecular weight excluding hydrogens is 516 g/mol. The topological polar surface area (TPSA) is 89.3 Å². The van der Waals surface area contributed by atoms with Gasteiger partial charge in [-0.05, 0) is 130 Å². The quantitative estimate of drug-likeness (QED) is 0.156. The number of aliphatic hydroxyl groups excluding tert-OH is 1. The maximum Gasteiger partial charge on any atom is 0.163 e. The summed E-state index contributed by atoms with van der Waals surface area (Å²) >= 11 is 0. The number of hydrogen-bond acceptors (Lipinski definition) is 4. The number of Topliss-reactive ketones (excluding diaryl/α,β-unsaturated/α-hetero) is 1. The zero-order valence-electron chi connectivity index (χ0n) is 27.3. The molecule has 0 aliphatic heterocycles. The van der Waals surface area contributed by atoms with Crippen LogP contribution in [0.25, 0.3) is 0 Å². The first kappa shape index (κ1) is 31.4. The number of rotatable bonds is 9. The van der Waals surface area contributed by atoms with Crippen LogP contribution in [0.15, 0.2) is 41.5 Å². The molecule has 1 aromatic rings. The van der Waals surface area contributed by atoms with Crippen LogP contribution in [0.5, 0.6) is 0 Å². The Morgan fingerprint density at radius 1 is 1.02 bits per heavy atom. The number of benzene rings is 1. The molecule has 232 valence electrons. The molecule has 0 saturated heterocycles. The van der Waals surface area contributed by atoms with Gasteiger partial charge < -0.3 is 16.6 Å². The van der Waals surface area contributed by atoms with E-state index in [1.165, 1.54) is 56.1 Å². The summed E-state index contributed by atoms with van der Waals surface area (Å²) in [4.78, 5) is 13.6. The van der Waals surface area contributed by atoms with Crippen LogP contribution in [-0.4, -0.2) is 17.0 Å². The van der Waals surface area contributed by atoms with Gasteiger partial charge in [-0.3, -0.25) is 4.79 Å². The summed E-state index contributed by atoms with van der Waals surface area (Å²) in [6.45, 7) is 14.3. The van der Waals surface area contributed by atoms with Gasteiger partial charge in [0.1, 0.15) is 0 Å². The molecule has 1 aromatic carbocycles. The van der Waals surface area contributed by atoms with Crippen LogP contribution >= 0.6 is 0 Å². The van der Waals surface area contributed by atoms with Crippen LogP contribution in [0.1, 0.15) is 129 Å². The number of anilines is 2. The van der Waals surface area contributed by atoms with E-state index in [9.17, 15) is 9.90 Å². The molecule has 3 fully saturated rings. The van der Waals surface area contributed by atoms with Crippen molar-refractivity contribution in [3.8, 4) is 0 Å². The van der Waals surface area contributed by atoms with Crippen molar-refractivity contribution >= 4 is 17.2 Å². The molecule has 0 bridgehead atoms. The van der Waals surface area contributed by atoms with E-state index in [1.807, 2.05) is 0 Å². The summed E-state index contributed by atoms with van der Waals surface area (Å²) in [6, 6.07) is 5.14. The Kier molecular flexibility index (Phi) is 8.80. The standard InChI is InChI=1S/C38H58N2O2/c1-7-24(3)10-9-11-25(8-2)30-13-14-31-29-12-15-34-37(5,32(29)16-18-36(30,31)4)19-17-35(42)38(34,6)23-33(41)26-20-27(39)22-28(40)21-26/h10,15,20-22,25,29-32,35,42H,7-9,11-14,16-19,23,39-40H2,1-6H3/b24-10-. The average molecular weight is 575 g/mol. The fourth-order valence-corrected chi connectivity index (χ4v) is 10.9. The lowest BCUT2D eigenvalue weighted by Gasteiger charge is -2.61. The highest BCUT2D eigenvalue weighted by Gasteiger charge is 2.62. The predicted octanol–water partition coefficient (Wildman–Crippen LogP) is 9.14. The third-order valence-corrected chi connectivity index (χ3v) is 13.3. The number of carbonyl (C=O) groups excluding carboxylic acids is 1. The minimum absolute atomic E-state index is 0.0206. The Morgan fingerprint density at radius 2 is 1.74 bits per heavy atom. The van der Waals surface area contributed by atoms with E-state index in [1.54, 1.807) is 18.2 Å². The molecule has 0 radical (unpaired) electrons. The van der Waals surface area contributed by atoms with Gasteiger partial charge in [0.05, 0.1) is 6.10 Å². The first-order valence-electron chi connectivity index (χ1n) is 17.1. The van der Waals surface area contributed by atoms with Crippen molar-refractivity contribution in [2.75, 3.05) is 11.5 Å². The van der Waals surface area contributed by atoms with Gasteiger partial charge in [-0.2, -0.15) is 0 Å². The van der Waals surface area contributed by atoms with Gasteiger partial charge in [0.2, 0.25) is 0 Å². The Labute approximate surface area is 255 Å². The summed E-state index contributed by atoms with van der Waals surface area (Å²) in [5, 5.41) is 11.5. The van der Waals surface area contributed by atoms with E-state index in [4.69, 9.17) is 11.5 Å². The van der Waals surface area contributed by atoms with Crippen molar-refractivity contribution in [2.45, 2.75) is 125 Å². The van der Waals surface area contributed by atoms with E-state index in [2.05, 4.69) is 53.7 Å². The van der Waals surface area contributed by atoms with Crippen LogP contribution < -0.4 is 11.5 Å². The summed E-state index contributed by atoms with van der Waals surface area (Å²) < 4.78 is 0. The molecule has 0 spiro atoms. The molecule has 9 unspecified atom stereocenters. The van der Waals surface area contributed by atoms with Crippen LogP contribution in [0.4, 0.5) is 11.4 Å². The van der Waals surface area contributed by atoms with Gasteiger partial charge in [0, 0.05) is 28.8 Å². The second kappa shape index (κ2) is 11.8. The number of nitrogen functional groups attached to an aromatic ring is 2. The normalized spacial score (nSPS) is 38.7. The smallest absolute Gasteiger partial charge is 0.163 e. The number of ketones is 1. The summed E-state index contributed by atoms with van der Waals surface area (Å²) in [5.74, 6) is 3.81. The van der Waals surface area contributed by atoms with E-state index in [-0.39, 0.29) is 11.2 Å². The largest absolute Gasteiger partial charge is 0.399 e. The Balaban J connectivity index is 1.39. The average Bonchev–Trinajstić information content (AvgIpc) is 3.30. The minimum atomic E-state index is -0.565. The van der Waals surface area contributed by atoms with Crippen molar-refractivity contribution in [1.82, 2.24) is 0 Å². The van der Waals surface area contributed by atoms with Crippen LogP contribution in [0, 0.1) is 45.8 Å². The zero-order valence-corrected chi connectivity index (χ0v) is 27.3. The molecule has 4 nitrogen and oxygen atoms in total. The lowest BCUT2D eigenvalue weighted by molar-refractivity contribution is -0.0821. The van der Waals surface area contributed by atoms with Gasteiger partial charge >= 0.3 is 0 Å². The van der Waals surface area contributed by atoms with E-state index in [0.717, 1.165) is 43.4 Å². The first-order valence-corrected chi connectivity index (χ1v) is 17.1. The maximum absolute atomic E-state index is 13.6. The molecular formula is C38H58N2O2. The molecule has 0 aromatic heterocycles. The van der Waals surface area contributed by atoms with Gasteiger partial charge in [0.15, 0.2) is 5.78 Å². The lowest BCUT2D eigenvalue weighted by atomic mass is 9.43. The summed E-state index contributed by atoms with van der Waals surface area (Å²) in [5.41, 5.74) is 16.4. The fourth-order valence-electron chi connectivity index (χ4n) is 10.9. The minimum Gasteiger partial charge on any atom is -0.399 e. The molecule has 4 heteroatoms. The molecule has 0 heterocycles. The van der Waals surface area contributed by atoms with E-state index >= 15 is 0 Å². The monoisotopic (exact) mass is 574 g/mol. The highest BCUT2D eigenvalue weighted by molar-refractivity contribution is 5.98. The molecule has 9 atom stereocenters. The van der Waals surface area contributed by atoms with Crippen molar-refractivity contribution in [3.05, 3.63) is 47.1 Å². The molecule has 3 saturated carbocycles. The molecule has 5 N–H and O–H groups in total. The summed E-state index contributed by atoms with van der Waals surface area (Å²) in [6.07, 6.45) is 18.0. The summed E-state index contributed by atoms with van der Waals surface area (Å²) in [7, 11) is 0.